The Bertz CT molecular complexity index is 668. The number of aliphatic imine (C=N–C) groups is 1. The number of amides is 3. The number of hydrogen-bond acceptors (Lipinski definition) is 6. The smallest absolute Gasteiger partial charge is 0.435 e. The number of amidine groups is 1. The fourth-order valence-electron chi connectivity index (χ4n) is 2.19. The van der Waals surface area contributed by atoms with Gasteiger partial charge < -0.3 is 14.2 Å². The fraction of sp³-hybridized carbons (Fsp3) is 0.545. The lowest BCUT2D eigenvalue weighted by molar-refractivity contribution is 0.0946. The molecule has 0 aliphatic rings. The van der Waals surface area contributed by atoms with E-state index in [4.69, 9.17) is 14.2 Å². The number of imide groups is 1. The molecule has 8 heteroatoms. The van der Waals surface area contributed by atoms with Crippen LogP contribution in [0, 0.1) is 6.07 Å². The molecule has 1 rings (SSSR count). The van der Waals surface area contributed by atoms with E-state index in [1.807, 2.05) is 20.8 Å². The molecule has 0 spiro atoms. The van der Waals surface area contributed by atoms with Gasteiger partial charge in [-0.05, 0) is 25.3 Å². The second kappa shape index (κ2) is 15.0. The van der Waals surface area contributed by atoms with E-state index >= 15 is 0 Å². The van der Waals surface area contributed by atoms with E-state index in [1.165, 1.54) is 0 Å². The number of carbonyl (C=O) groups excluding carboxylic acids is 3. The van der Waals surface area contributed by atoms with Gasteiger partial charge in [-0.1, -0.05) is 64.3 Å². The van der Waals surface area contributed by atoms with Crippen LogP contribution in [0.3, 0.4) is 0 Å². The second-order valence-electron chi connectivity index (χ2n) is 6.46. The second-order valence-corrected chi connectivity index (χ2v) is 6.46. The van der Waals surface area contributed by atoms with Crippen molar-refractivity contribution in [2.45, 2.75) is 59.3 Å². The highest BCUT2D eigenvalue weighted by Crippen LogP contribution is 2.12. The third kappa shape index (κ3) is 9.07. The van der Waals surface area contributed by atoms with Crippen LogP contribution in [-0.2, 0) is 14.2 Å². The number of hydrogen-bond donors (Lipinski definition) is 0. The summed E-state index contributed by atoms with van der Waals surface area (Å²) < 4.78 is 15.5. The SMILES string of the molecule is CCCCOC(=O)/N=C(\c1cc[c]cc1)N(C(=O)OCCCC)C(=O)OCCCC. The van der Waals surface area contributed by atoms with Crippen molar-refractivity contribution in [3.63, 3.8) is 0 Å². The highest BCUT2D eigenvalue weighted by molar-refractivity contribution is 6.17. The highest BCUT2D eigenvalue weighted by atomic mass is 16.6. The lowest BCUT2D eigenvalue weighted by Crippen LogP contribution is -2.43. The molecule has 0 saturated heterocycles. The topological polar surface area (TPSA) is 94.5 Å². The molecule has 30 heavy (non-hydrogen) atoms. The molecule has 8 nitrogen and oxygen atoms in total. The van der Waals surface area contributed by atoms with E-state index in [0.29, 0.717) is 29.7 Å². The normalized spacial score (nSPS) is 11.0. The summed E-state index contributed by atoms with van der Waals surface area (Å²) in [6, 6.07) is 9.15. The lowest BCUT2D eigenvalue weighted by Gasteiger charge is -2.21. The van der Waals surface area contributed by atoms with Crippen molar-refractivity contribution >= 4 is 24.1 Å². The number of nitrogens with zero attached hydrogens (tertiary/aromatic N) is 2. The van der Waals surface area contributed by atoms with Crippen molar-refractivity contribution in [2.24, 2.45) is 4.99 Å². The molecule has 1 aromatic carbocycles. The number of carbonyl (C=O) groups is 3. The standard InChI is InChI=1S/C22H31N2O6/c1-4-7-15-28-20(25)23-19(18-13-11-10-12-14-18)24(21(26)29-16-8-5-2)22(27)30-17-9-6-3/h11-14H,4-9,15-17H2,1-3H3/b23-19+. The van der Waals surface area contributed by atoms with Crippen LogP contribution in [0.15, 0.2) is 29.3 Å². The zero-order chi connectivity index (χ0) is 22.2. The minimum atomic E-state index is -0.960. The van der Waals surface area contributed by atoms with Crippen molar-refractivity contribution in [1.82, 2.24) is 4.90 Å². The van der Waals surface area contributed by atoms with Crippen LogP contribution in [-0.4, -0.2) is 48.8 Å². The van der Waals surface area contributed by atoms with E-state index < -0.39 is 18.3 Å². The van der Waals surface area contributed by atoms with E-state index in [2.05, 4.69) is 11.1 Å². The summed E-state index contributed by atoms with van der Waals surface area (Å²) in [7, 11) is 0. The Kier molecular flexibility index (Phi) is 12.6. The van der Waals surface area contributed by atoms with Crippen molar-refractivity contribution in [1.29, 1.82) is 0 Å². The van der Waals surface area contributed by atoms with Gasteiger partial charge in [0.15, 0.2) is 5.84 Å². The molecular weight excluding hydrogens is 388 g/mol. The lowest BCUT2D eigenvalue weighted by atomic mass is 10.2. The molecule has 1 radical (unpaired) electrons. The first-order valence-electron chi connectivity index (χ1n) is 10.4. The van der Waals surface area contributed by atoms with Crippen molar-refractivity contribution in [3.05, 3.63) is 35.9 Å². The summed E-state index contributed by atoms with van der Waals surface area (Å²) in [5, 5.41) is 0. The predicted molar refractivity (Wildman–Crippen MR) is 112 cm³/mol. The molecule has 0 saturated carbocycles. The molecule has 0 fully saturated rings. The average Bonchev–Trinajstić information content (AvgIpc) is 2.74. The van der Waals surface area contributed by atoms with Gasteiger partial charge in [0.1, 0.15) is 0 Å². The van der Waals surface area contributed by atoms with E-state index in [9.17, 15) is 14.4 Å². The first-order valence-corrected chi connectivity index (χ1v) is 10.4. The maximum atomic E-state index is 12.7. The van der Waals surface area contributed by atoms with Crippen LogP contribution in [0.2, 0.25) is 0 Å². The maximum absolute atomic E-state index is 12.7. The van der Waals surface area contributed by atoms with E-state index in [0.717, 1.165) is 19.3 Å². The third-order valence-corrected chi connectivity index (χ3v) is 3.92. The van der Waals surface area contributed by atoms with Gasteiger partial charge in [0, 0.05) is 5.56 Å². The Hall–Kier alpha value is -2.90. The molecule has 165 valence electrons. The number of benzene rings is 1. The Morgan fingerprint density at radius 1 is 0.833 bits per heavy atom. The minimum Gasteiger partial charge on any atom is -0.449 e. The Morgan fingerprint density at radius 3 is 1.77 bits per heavy atom. The van der Waals surface area contributed by atoms with Gasteiger partial charge in [0.25, 0.3) is 0 Å². The third-order valence-electron chi connectivity index (χ3n) is 3.92. The summed E-state index contributed by atoms with van der Waals surface area (Å²) in [5.74, 6) is -0.214. The quantitative estimate of drug-likeness (QED) is 0.220. The number of unbranched alkanes of at least 4 members (excludes halogenated alkanes) is 3. The maximum Gasteiger partial charge on any atom is 0.435 e. The molecule has 0 aliphatic carbocycles. The van der Waals surface area contributed by atoms with Crippen LogP contribution in [0.5, 0.6) is 0 Å². The Labute approximate surface area is 178 Å². The first-order chi connectivity index (χ1) is 14.5. The summed E-state index contributed by atoms with van der Waals surface area (Å²) in [6.07, 6.45) is 1.60. The van der Waals surface area contributed by atoms with Crippen molar-refractivity contribution in [3.8, 4) is 0 Å². The summed E-state index contributed by atoms with van der Waals surface area (Å²) in [5.41, 5.74) is 0.348. The molecule has 3 amide bonds. The molecule has 0 heterocycles. The molecule has 0 bridgehead atoms. The average molecular weight is 419 g/mol. The predicted octanol–water partition coefficient (Wildman–Crippen LogP) is 5.35. The fourth-order valence-corrected chi connectivity index (χ4v) is 2.19. The van der Waals surface area contributed by atoms with Crippen LogP contribution >= 0.6 is 0 Å². The Balaban J connectivity index is 3.22. The minimum absolute atomic E-state index is 0.130. The van der Waals surface area contributed by atoms with Gasteiger partial charge >= 0.3 is 18.3 Å². The molecule has 0 unspecified atom stereocenters. The molecule has 1 aromatic rings. The van der Waals surface area contributed by atoms with Gasteiger partial charge in [-0.25, -0.2) is 14.4 Å². The largest absolute Gasteiger partial charge is 0.449 e. The van der Waals surface area contributed by atoms with Crippen LogP contribution in [0.25, 0.3) is 0 Å². The van der Waals surface area contributed by atoms with Gasteiger partial charge in [-0.2, -0.15) is 9.89 Å². The van der Waals surface area contributed by atoms with Gasteiger partial charge in [-0.15, -0.1) is 0 Å². The number of ether oxygens (including phenoxy) is 3. The summed E-state index contributed by atoms with van der Waals surface area (Å²) in [6.45, 7) is 6.31. The van der Waals surface area contributed by atoms with E-state index in [1.54, 1.807) is 24.3 Å². The molecule has 0 aromatic heterocycles. The first kappa shape index (κ1) is 25.1. The van der Waals surface area contributed by atoms with Gasteiger partial charge in [-0.3, -0.25) is 0 Å². The molecular formula is C22H31N2O6. The number of rotatable bonds is 10. The van der Waals surface area contributed by atoms with Crippen molar-refractivity contribution in [2.75, 3.05) is 19.8 Å². The van der Waals surface area contributed by atoms with Gasteiger partial charge in [0.05, 0.1) is 19.8 Å². The van der Waals surface area contributed by atoms with Crippen molar-refractivity contribution < 1.29 is 28.6 Å². The summed E-state index contributed by atoms with van der Waals surface area (Å²) in [4.78, 5) is 42.2. The highest BCUT2D eigenvalue weighted by Gasteiger charge is 2.32. The Morgan fingerprint density at radius 2 is 1.30 bits per heavy atom. The van der Waals surface area contributed by atoms with Gasteiger partial charge in [0.2, 0.25) is 0 Å². The molecule has 0 N–H and O–H groups in total. The molecule has 0 atom stereocenters. The van der Waals surface area contributed by atoms with Crippen LogP contribution in [0.1, 0.15) is 64.9 Å². The zero-order valence-electron chi connectivity index (χ0n) is 18.0. The zero-order valence-corrected chi connectivity index (χ0v) is 18.0. The molecule has 0 aliphatic heterocycles. The van der Waals surface area contributed by atoms with E-state index in [-0.39, 0.29) is 25.7 Å². The van der Waals surface area contributed by atoms with Crippen LogP contribution in [0.4, 0.5) is 14.4 Å². The summed E-state index contributed by atoms with van der Waals surface area (Å²) >= 11 is 0. The van der Waals surface area contributed by atoms with Crippen LogP contribution < -0.4 is 0 Å². The monoisotopic (exact) mass is 419 g/mol.